The minimum Gasteiger partial charge on any atom is -0.480 e. The van der Waals surface area contributed by atoms with Crippen molar-refractivity contribution >= 4 is 12.0 Å². The summed E-state index contributed by atoms with van der Waals surface area (Å²) in [4.78, 5) is 26.0. The van der Waals surface area contributed by atoms with E-state index in [1.54, 1.807) is 17.9 Å². The number of urea groups is 1. The Bertz CT molecular complexity index is 480. The van der Waals surface area contributed by atoms with E-state index < -0.39 is 5.97 Å². The van der Waals surface area contributed by atoms with Gasteiger partial charge < -0.3 is 19.8 Å². The van der Waals surface area contributed by atoms with E-state index in [4.69, 9.17) is 9.63 Å². The predicted molar refractivity (Wildman–Crippen MR) is 69.1 cm³/mol. The van der Waals surface area contributed by atoms with E-state index in [1.165, 1.54) is 0 Å². The Morgan fingerprint density at radius 2 is 2.10 bits per heavy atom. The molecule has 0 saturated carbocycles. The number of nitrogens with one attached hydrogen (secondary N) is 1. The van der Waals surface area contributed by atoms with E-state index in [2.05, 4.69) is 10.5 Å². The minimum atomic E-state index is -0.843. The van der Waals surface area contributed by atoms with Crippen LogP contribution in [0.2, 0.25) is 0 Å². The standard InChI is InChI=1S/C12H18N4O4/c1-9-6-10(14-20-9)7-13-12(19)16-4-2-15(3-5-16)8-11(17)18/h6H,2-5,7-8H2,1H3,(H,13,19)(H,17,18). The molecule has 8 heteroatoms. The van der Waals surface area contributed by atoms with Crippen LogP contribution in [0, 0.1) is 6.92 Å². The summed E-state index contributed by atoms with van der Waals surface area (Å²) in [5.74, 6) is -0.138. The van der Waals surface area contributed by atoms with Crippen molar-refractivity contribution in [1.29, 1.82) is 0 Å². The molecule has 8 nitrogen and oxygen atoms in total. The number of carboxylic acids is 1. The minimum absolute atomic E-state index is 0.0215. The number of hydrogen-bond donors (Lipinski definition) is 2. The molecular formula is C12H18N4O4. The van der Waals surface area contributed by atoms with Gasteiger partial charge in [-0.3, -0.25) is 9.69 Å². The first-order valence-corrected chi connectivity index (χ1v) is 6.43. The van der Waals surface area contributed by atoms with E-state index in [0.717, 1.165) is 0 Å². The molecule has 1 aliphatic rings. The van der Waals surface area contributed by atoms with Crippen molar-refractivity contribution in [1.82, 2.24) is 20.3 Å². The fourth-order valence-electron chi connectivity index (χ4n) is 2.08. The smallest absolute Gasteiger partial charge is 0.317 e. The second kappa shape index (κ2) is 6.38. The van der Waals surface area contributed by atoms with Crippen LogP contribution in [0.1, 0.15) is 11.5 Å². The number of aryl methyl sites for hydroxylation is 1. The molecule has 20 heavy (non-hydrogen) atoms. The number of carbonyl (C=O) groups excluding carboxylic acids is 1. The zero-order chi connectivity index (χ0) is 14.5. The van der Waals surface area contributed by atoms with Crippen molar-refractivity contribution in [2.24, 2.45) is 0 Å². The number of piperazine rings is 1. The third-order valence-corrected chi connectivity index (χ3v) is 3.12. The van der Waals surface area contributed by atoms with E-state index in [-0.39, 0.29) is 12.6 Å². The summed E-state index contributed by atoms with van der Waals surface area (Å²) >= 11 is 0. The SMILES string of the molecule is Cc1cc(CNC(=O)N2CCN(CC(=O)O)CC2)no1. The van der Waals surface area contributed by atoms with Gasteiger partial charge in [0.1, 0.15) is 11.5 Å². The van der Waals surface area contributed by atoms with Crippen LogP contribution in [-0.2, 0) is 11.3 Å². The second-order valence-corrected chi connectivity index (χ2v) is 4.74. The predicted octanol–water partition coefficient (Wildman–Crippen LogP) is -0.105. The van der Waals surface area contributed by atoms with Crippen LogP contribution in [-0.4, -0.2) is 64.8 Å². The van der Waals surface area contributed by atoms with Gasteiger partial charge in [0.05, 0.1) is 13.1 Å². The first-order valence-electron chi connectivity index (χ1n) is 6.43. The third-order valence-electron chi connectivity index (χ3n) is 3.12. The highest BCUT2D eigenvalue weighted by Crippen LogP contribution is 2.04. The lowest BCUT2D eigenvalue weighted by atomic mass is 10.3. The molecule has 0 atom stereocenters. The van der Waals surface area contributed by atoms with Gasteiger partial charge in [-0.15, -0.1) is 0 Å². The zero-order valence-electron chi connectivity index (χ0n) is 11.3. The summed E-state index contributed by atoms with van der Waals surface area (Å²) in [5, 5.41) is 15.3. The van der Waals surface area contributed by atoms with Crippen molar-refractivity contribution < 1.29 is 19.2 Å². The maximum Gasteiger partial charge on any atom is 0.317 e. The average Bonchev–Trinajstić information content (AvgIpc) is 2.82. The molecule has 2 heterocycles. The number of aromatic nitrogens is 1. The number of carboxylic acid groups (broad SMARTS) is 1. The average molecular weight is 282 g/mol. The number of nitrogens with zero attached hydrogens (tertiary/aromatic N) is 3. The molecule has 0 radical (unpaired) electrons. The van der Waals surface area contributed by atoms with Gasteiger partial charge in [-0.25, -0.2) is 4.79 Å². The number of carbonyl (C=O) groups is 2. The fourth-order valence-corrected chi connectivity index (χ4v) is 2.08. The number of rotatable bonds is 4. The van der Waals surface area contributed by atoms with Crippen LogP contribution in [0.3, 0.4) is 0 Å². The third kappa shape index (κ3) is 3.95. The van der Waals surface area contributed by atoms with Gasteiger partial charge in [0, 0.05) is 32.2 Å². The number of aliphatic carboxylic acids is 1. The van der Waals surface area contributed by atoms with E-state index >= 15 is 0 Å². The van der Waals surface area contributed by atoms with Gasteiger partial charge in [-0.2, -0.15) is 0 Å². The van der Waals surface area contributed by atoms with Crippen molar-refractivity contribution in [3.8, 4) is 0 Å². The molecule has 1 saturated heterocycles. The monoisotopic (exact) mass is 282 g/mol. The van der Waals surface area contributed by atoms with Crippen molar-refractivity contribution in [2.45, 2.75) is 13.5 Å². The van der Waals surface area contributed by atoms with Gasteiger partial charge in [0.15, 0.2) is 0 Å². The van der Waals surface area contributed by atoms with Crippen molar-refractivity contribution in [3.63, 3.8) is 0 Å². The summed E-state index contributed by atoms with van der Waals surface area (Å²) in [5.41, 5.74) is 0.681. The Labute approximate surface area is 116 Å². The molecule has 0 aromatic carbocycles. The highest BCUT2D eigenvalue weighted by Gasteiger charge is 2.22. The molecular weight excluding hydrogens is 264 g/mol. The fraction of sp³-hybridized carbons (Fsp3) is 0.583. The van der Waals surface area contributed by atoms with Crippen LogP contribution in [0.25, 0.3) is 0 Å². The first kappa shape index (κ1) is 14.3. The first-order chi connectivity index (χ1) is 9.54. The van der Waals surface area contributed by atoms with Crippen LogP contribution in [0.4, 0.5) is 4.79 Å². The zero-order valence-corrected chi connectivity index (χ0v) is 11.3. The normalized spacial score (nSPS) is 16.1. The highest BCUT2D eigenvalue weighted by molar-refractivity contribution is 5.74. The van der Waals surface area contributed by atoms with Crippen molar-refractivity contribution in [2.75, 3.05) is 32.7 Å². The van der Waals surface area contributed by atoms with E-state index in [9.17, 15) is 9.59 Å². The molecule has 1 aliphatic heterocycles. The van der Waals surface area contributed by atoms with Gasteiger partial charge >= 0.3 is 12.0 Å². The lowest BCUT2D eigenvalue weighted by Gasteiger charge is -2.33. The lowest BCUT2D eigenvalue weighted by Crippen LogP contribution is -2.52. The summed E-state index contributed by atoms with van der Waals surface area (Å²) in [6.07, 6.45) is 0. The Kier molecular flexibility index (Phi) is 4.57. The van der Waals surface area contributed by atoms with Crippen LogP contribution in [0.15, 0.2) is 10.6 Å². The topological polar surface area (TPSA) is 98.9 Å². The second-order valence-electron chi connectivity index (χ2n) is 4.74. The molecule has 1 aromatic rings. The highest BCUT2D eigenvalue weighted by atomic mass is 16.5. The summed E-state index contributed by atoms with van der Waals surface area (Å²) < 4.78 is 4.92. The molecule has 0 bridgehead atoms. The van der Waals surface area contributed by atoms with Gasteiger partial charge in [-0.05, 0) is 6.92 Å². The number of hydrogen-bond acceptors (Lipinski definition) is 5. The molecule has 110 valence electrons. The summed E-state index contributed by atoms with van der Waals surface area (Å²) in [6, 6.07) is 1.60. The van der Waals surface area contributed by atoms with Crippen LogP contribution < -0.4 is 5.32 Å². The summed E-state index contributed by atoms with van der Waals surface area (Å²) in [6.45, 7) is 4.33. The van der Waals surface area contributed by atoms with Crippen molar-refractivity contribution in [3.05, 3.63) is 17.5 Å². The van der Waals surface area contributed by atoms with Gasteiger partial charge in [-0.1, -0.05) is 5.16 Å². The van der Waals surface area contributed by atoms with E-state index in [0.29, 0.717) is 44.2 Å². The Balaban J connectivity index is 1.73. The molecule has 0 aliphatic carbocycles. The van der Waals surface area contributed by atoms with Gasteiger partial charge in [0.25, 0.3) is 0 Å². The Morgan fingerprint density at radius 3 is 2.65 bits per heavy atom. The maximum absolute atomic E-state index is 11.9. The molecule has 0 spiro atoms. The summed E-state index contributed by atoms with van der Waals surface area (Å²) in [7, 11) is 0. The molecule has 2 rings (SSSR count). The molecule has 2 amide bonds. The lowest BCUT2D eigenvalue weighted by molar-refractivity contribution is -0.138. The Hall–Kier alpha value is -2.09. The molecule has 0 unspecified atom stereocenters. The maximum atomic E-state index is 11.9. The van der Waals surface area contributed by atoms with E-state index in [1.807, 2.05) is 4.90 Å². The van der Waals surface area contributed by atoms with Gasteiger partial charge in [0.2, 0.25) is 0 Å². The number of amides is 2. The molecule has 1 fully saturated rings. The molecule has 2 N–H and O–H groups in total. The van der Waals surface area contributed by atoms with Crippen LogP contribution in [0.5, 0.6) is 0 Å². The Morgan fingerprint density at radius 1 is 1.40 bits per heavy atom. The largest absolute Gasteiger partial charge is 0.480 e. The van der Waals surface area contributed by atoms with Crippen LogP contribution >= 0.6 is 0 Å². The molecule has 1 aromatic heterocycles. The quantitative estimate of drug-likeness (QED) is 0.799.